The van der Waals surface area contributed by atoms with Crippen LogP contribution in [0.25, 0.3) is 11.4 Å². The number of tetrazole rings is 1. The summed E-state index contributed by atoms with van der Waals surface area (Å²) in [6, 6.07) is 1.96. The summed E-state index contributed by atoms with van der Waals surface area (Å²) in [4.78, 5) is 0. The van der Waals surface area contributed by atoms with Gasteiger partial charge in [-0.15, -0.1) is 5.10 Å². The average Bonchev–Trinajstić information content (AvgIpc) is 2.82. The Morgan fingerprint density at radius 1 is 1.21 bits per heavy atom. The van der Waals surface area contributed by atoms with E-state index in [-0.39, 0.29) is 5.69 Å². The number of hydrogen-bond acceptors (Lipinski definition) is 4. The number of nitrogen functional groups attached to an aromatic ring is 1. The predicted molar refractivity (Wildman–Crippen MR) is 67.1 cm³/mol. The van der Waals surface area contributed by atoms with Gasteiger partial charge in [0.1, 0.15) is 0 Å². The number of aryl methyl sites for hydroxylation is 1. The van der Waals surface area contributed by atoms with Crippen LogP contribution < -0.4 is 5.73 Å². The van der Waals surface area contributed by atoms with Crippen molar-refractivity contribution in [1.82, 2.24) is 20.2 Å². The Balaban J connectivity index is 2.32. The van der Waals surface area contributed by atoms with E-state index in [2.05, 4.69) is 22.4 Å². The first-order chi connectivity index (χ1) is 9.13. The molecule has 0 aliphatic heterocycles. The first kappa shape index (κ1) is 13.4. The number of aromatic nitrogens is 4. The Morgan fingerprint density at radius 2 is 1.95 bits per heavy atom. The Kier molecular flexibility index (Phi) is 4.03. The van der Waals surface area contributed by atoms with E-state index in [9.17, 15) is 8.78 Å². The summed E-state index contributed by atoms with van der Waals surface area (Å²) in [5, 5.41) is 11.2. The average molecular weight is 267 g/mol. The van der Waals surface area contributed by atoms with Gasteiger partial charge in [0.25, 0.3) is 0 Å². The van der Waals surface area contributed by atoms with Crippen LogP contribution in [0, 0.1) is 11.6 Å². The van der Waals surface area contributed by atoms with E-state index in [4.69, 9.17) is 5.73 Å². The van der Waals surface area contributed by atoms with Gasteiger partial charge in [-0.25, -0.2) is 13.5 Å². The third-order valence-electron chi connectivity index (χ3n) is 2.84. The molecule has 0 fully saturated rings. The van der Waals surface area contributed by atoms with Gasteiger partial charge in [-0.05, 0) is 22.9 Å². The quantitative estimate of drug-likeness (QED) is 0.667. The number of nitrogens with two attached hydrogens (primary N) is 1. The number of hydrogen-bond donors (Lipinski definition) is 1. The topological polar surface area (TPSA) is 69.6 Å². The smallest absolute Gasteiger partial charge is 0.184 e. The molecule has 1 aromatic carbocycles. The molecule has 19 heavy (non-hydrogen) atoms. The van der Waals surface area contributed by atoms with Crippen LogP contribution >= 0.6 is 0 Å². The summed E-state index contributed by atoms with van der Waals surface area (Å²) in [5.41, 5.74) is 6.11. The standard InChI is InChI=1S/C12H15F2N5/c1-2-3-4-5-19-12(16-17-18-19)8-6-9(13)10(14)7-11(8)15/h6-7H,2-5,15H2,1H3. The molecular weight excluding hydrogens is 252 g/mol. The predicted octanol–water partition coefficient (Wildman–Crippen LogP) is 2.39. The van der Waals surface area contributed by atoms with Crippen LogP contribution in [-0.4, -0.2) is 20.2 Å². The van der Waals surface area contributed by atoms with Crippen molar-refractivity contribution in [2.24, 2.45) is 0 Å². The zero-order valence-corrected chi connectivity index (χ0v) is 10.6. The highest BCUT2D eigenvalue weighted by atomic mass is 19.2. The van der Waals surface area contributed by atoms with Gasteiger partial charge in [0.15, 0.2) is 17.5 Å². The Hall–Kier alpha value is -2.05. The lowest BCUT2D eigenvalue weighted by Crippen LogP contribution is -2.05. The second-order valence-electron chi connectivity index (χ2n) is 4.29. The number of rotatable bonds is 5. The molecule has 2 rings (SSSR count). The van der Waals surface area contributed by atoms with Gasteiger partial charge in [-0.1, -0.05) is 19.8 Å². The van der Waals surface area contributed by atoms with Crippen LogP contribution in [-0.2, 0) is 6.54 Å². The number of unbranched alkanes of at least 4 members (excludes halogenated alkanes) is 2. The lowest BCUT2D eigenvalue weighted by atomic mass is 10.1. The molecule has 2 N–H and O–H groups in total. The normalized spacial score (nSPS) is 10.9. The van der Waals surface area contributed by atoms with Crippen LogP contribution in [0.15, 0.2) is 12.1 Å². The van der Waals surface area contributed by atoms with Gasteiger partial charge in [0, 0.05) is 23.9 Å². The van der Waals surface area contributed by atoms with Crippen molar-refractivity contribution in [2.75, 3.05) is 5.73 Å². The molecule has 0 radical (unpaired) electrons. The van der Waals surface area contributed by atoms with Crippen LogP contribution in [0.1, 0.15) is 26.2 Å². The van der Waals surface area contributed by atoms with E-state index in [1.54, 1.807) is 4.68 Å². The monoisotopic (exact) mass is 267 g/mol. The molecule has 0 amide bonds. The highest BCUT2D eigenvalue weighted by Crippen LogP contribution is 2.26. The molecule has 2 aromatic rings. The first-order valence-corrected chi connectivity index (χ1v) is 6.14. The number of nitrogens with zero attached hydrogens (tertiary/aromatic N) is 4. The summed E-state index contributed by atoms with van der Waals surface area (Å²) in [6.45, 7) is 2.71. The van der Waals surface area contributed by atoms with Crippen molar-refractivity contribution in [3.8, 4) is 11.4 Å². The molecule has 0 atom stereocenters. The minimum Gasteiger partial charge on any atom is -0.398 e. The van der Waals surface area contributed by atoms with Gasteiger partial charge in [-0.2, -0.15) is 0 Å². The lowest BCUT2D eigenvalue weighted by Gasteiger charge is -2.07. The Bertz CT molecular complexity index is 567. The first-order valence-electron chi connectivity index (χ1n) is 6.14. The third kappa shape index (κ3) is 2.86. The van der Waals surface area contributed by atoms with E-state index >= 15 is 0 Å². The molecule has 102 valence electrons. The maximum atomic E-state index is 13.3. The van der Waals surface area contributed by atoms with E-state index in [0.717, 1.165) is 31.4 Å². The molecule has 1 aromatic heterocycles. The van der Waals surface area contributed by atoms with E-state index in [1.165, 1.54) is 0 Å². The van der Waals surface area contributed by atoms with Crippen molar-refractivity contribution in [3.05, 3.63) is 23.8 Å². The fourth-order valence-electron chi connectivity index (χ4n) is 1.82. The third-order valence-corrected chi connectivity index (χ3v) is 2.84. The minimum atomic E-state index is -0.980. The molecule has 0 aliphatic rings. The minimum absolute atomic E-state index is 0.116. The van der Waals surface area contributed by atoms with Crippen molar-refractivity contribution < 1.29 is 8.78 Å². The molecule has 0 aliphatic carbocycles. The van der Waals surface area contributed by atoms with Gasteiger partial charge >= 0.3 is 0 Å². The molecule has 0 bridgehead atoms. The van der Waals surface area contributed by atoms with Gasteiger partial charge in [0.05, 0.1) is 0 Å². The highest BCUT2D eigenvalue weighted by molar-refractivity contribution is 5.71. The number of anilines is 1. The SMILES string of the molecule is CCCCCn1nnnc1-c1cc(F)c(F)cc1N. The summed E-state index contributed by atoms with van der Waals surface area (Å²) in [7, 11) is 0. The zero-order chi connectivity index (χ0) is 13.8. The van der Waals surface area contributed by atoms with E-state index in [1.807, 2.05) is 0 Å². The molecule has 1 heterocycles. The maximum absolute atomic E-state index is 13.3. The highest BCUT2D eigenvalue weighted by Gasteiger charge is 2.15. The van der Waals surface area contributed by atoms with Crippen LogP contribution in [0.4, 0.5) is 14.5 Å². The molecule has 5 nitrogen and oxygen atoms in total. The summed E-state index contributed by atoms with van der Waals surface area (Å²) in [6.07, 6.45) is 3.04. The van der Waals surface area contributed by atoms with Crippen LogP contribution in [0.3, 0.4) is 0 Å². The van der Waals surface area contributed by atoms with Crippen molar-refractivity contribution in [2.45, 2.75) is 32.7 Å². The van der Waals surface area contributed by atoms with E-state index < -0.39 is 11.6 Å². The molecular formula is C12H15F2N5. The van der Waals surface area contributed by atoms with Gasteiger partial charge < -0.3 is 5.73 Å². The largest absolute Gasteiger partial charge is 0.398 e. The molecule has 0 saturated carbocycles. The van der Waals surface area contributed by atoms with E-state index in [0.29, 0.717) is 17.9 Å². The van der Waals surface area contributed by atoms with Gasteiger partial charge in [0.2, 0.25) is 0 Å². The molecule has 0 unspecified atom stereocenters. The number of benzene rings is 1. The van der Waals surface area contributed by atoms with Crippen molar-refractivity contribution >= 4 is 5.69 Å². The lowest BCUT2D eigenvalue weighted by molar-refractivity contribution is 0.509. The zero-order valence-electron chi connectivity index (χ0n) is 10.6. The van der Waals surface area contributed by atoms with Crippen molar-refractivity contribution in [3.63, 3.8) is 0 Å². The van der Waals surface area contributed by atoms with Crippen LogP contribution in [0.5, 0.6) is 0 Å². The van der Waals surface area contributed by atoms with Crippen LogP contribution in [0.2, 0.25) is 0 Å². The van der Waals surface area contributed by atoms with Crippen molar-refractivity contribution in [1.29, 1.82) is 0 Å². The second-order valence-corrected chi connectivity index (χ2v) is 4.29. The Morgan fingerprint density at radius 3 is 2.68 bits per heavy atom. The summed E-state index contributed by atoms with van der Waals surface area (Å²) < 4.78 is 27.9. The number of halogens is 2. The van der Waals surface area contributed by atoms with Gasteiger partial charge in [-0.3, -0.25) is 0 Å². The summed E-state index contributed by atoms with van der Waals surface area (Å²) >= 11 is 0. The Labute approximate surface area is 109 Å². The molecule has 0 spiro atoms. The molecule has 7 heteroatoms. The molecule has 0 saturated heterocycles. The second kappa shape index (κ2) is 5.73. The fraction of sp³-hybridized carbons (Fsp3) is 0.417. The fourth-order valence-corrected chi connectivity index (χ4v) is 1.82. The maximum Gasteiger partial charge on any atom is 0.184 e. The summed E-state index contributed by atoms with van der Waals surface area (Å²) in [5.74, 6) is -1.59.